The van der Waals surface area contributed by atoms with Crippen molar-refractivity contribution < 1.29 is 4.74 Å². The summed E-state index contributed by atoms with van der Waals surface area (Å²) in [4.78, 5) is 0. The van der Waals surface area contributed by atoms with Crippen molar-refractivity contribution in [1.29, 1.82) is 0 Å². The fourth-order valence-corrected chi connectivity index (χ4v) is 5.10. The van der Waals surface area contributed by atoms with E-state index < -0.39 is 0 Å². The first-order chi connectivity index (χ1) is 14.7. The maximum atomic E-state index is 6.15. The first-order valence-corrected chi connectivity index (χ1v) is 11.8. The van der Waals surface area contributed by atoms with E-state index in [2.05, 4.69) is 26.1 Å². The number of nitrogens with one attached hydrogen (secondary N) is 1. The highest BCUT2D eigenvalue weighted by Crippen LogP contribution is 2.34. The topological polar surface area (TPSA) is 52.0 Å². The van der Waals surface area contributed by atoms with E-state index >= 15 is 0 Å². The summed E-state index contributed by atoms with van der Waals surface area (Å²) in [5.41, 5.74) is 2.21. The molecule has 0 unspecified atom stereocenters. The maximum Gasteiger partial charge on any atom is 0.191 e. The minimum Gasteiger partial charge on any atom is -0.497 e. The Balaban J connectivity index is 1.52. The Hall–Kier alpha value is -2.18. The average molecular weight is 443 g/mol. The van der Waals surface area contributed by atoms with Gasteiger partial charge in [-0.15, -0.1) is 10.2 Å². The number of nitrogens with zero attached hydrogens (tertiary/aromatic N) is 3. The summed E-state index contributed by atoms with van der Waals surface area (Å²) in [6, 6.07) is 16.5. The lowest BCUT2D eigenvalue weighted by atomic mass is 9.95. The normalized spacial score (nSPS) is 14.6. The van der Waals surface area contributed by atoms with Crippen LogP contribution in [0.15, 0.2) is 53.7 Å². The fraction of sp³-hybridized carbons (Fsp3) is 0.391. The van der Waals surface area contributed by atoms with Crippen LogP contribution in [0, 0.1) is 0 Å². The summed E-state index contributed by atoms with van der Waals surface area (Å²) >= 11 is 7.88. The van der Waals surface area contributed by atoms with Gasteiger partial charge in [0.05, 0.1) is 13.7 Å². The summed E-state index contributed by atoms with van der Waals surface area (Å²) in [5, 5.41) is 14.3. The van der Waals surface area contributed by atoms with Crippen LogP contribution < -0.4 is 10.1 Å². The predicted molar refractivity (Wildman–Crippen MR) is 123 cm³/mol. The number of rotatable bonds is 8. The van der Waals surface area contributed by atoms with Gasteiger partial charge in [-0.3, -0.25) is 0 Å². The number of thioether (sulfide) groups is 1. The molecule has 1 heterocycles. The van der Waals surface area contributed by atoms with Crippen molar-refractivity contribution in [3.8, 4) is 5.75 Å². The van der Waals surface area contributed by atoms with E-state index in [1.165, 1.54) is 37.7 Å². The van der Waals surface area contributed by atoms with Crippen LogP contribution >= 0.6 is 23.4 Å². The van der Waals surface area contributed by atoms with Crippen LogP contribution in [0.4, 0.5) is 5.69 Å². The molecule has 1 aromatic heterocycles. The second-order valence-electron chi connectivity index (χ2n) is 7.56. The monoisotopic (exact) mass is 442 g/mol. The second kappa shape index (κ2) is 10.2. The number of benzene rings is 2. The predicted octanol–water partition coefficient (Wildman–Crippen LogP) is 6.35. The van der Waals surface area contributed by atoms with Gasteiger partial charge < -0.3 is 14.6 Å². The van der Waals surface area contributed by atoms with E-state index in [-0.39, 0.29) is 0 Å². The molecule has 1 aliphatic carbocycles. The van der Waals surface area contributed by atoms with Gasteiger partial charge in [0.25, 0.3) is 0 Å². The van der Waals surface area contributed by atoms with Gasteiger partial charge in [-0.05, 0) is 42.7 Å². The zero-order chi connectivity index (χ0) is 20.8. The zero-order valence-corrected chi connectivity index (χ0v) is 18.8. The number of anilines is 1. The van der Waals surface area contributed by atoms with Crippen LogP contribution in [0.2, 0.25) is 5.02 Å². The third kappa shape index (κ3) is 5.29. The van der Waals surface area contributed by atoms with Gasteiger partial charge in [-0.2, -0.15) is 0 Å². The SMILES string of the molecule is COc1cccc(NCc2nnc(SCc3cccc(Cl)c3)n2C2CCCCC2)c1. The van der Waals surface area contributed by atoms with Crippen molar-refractivity contribution in [2.24, 2.45) is 0 Å². The summed E-state index contributed by atoms with van der Waals surface area (Å²) in [6.45, 7) is 0.633. The molecule has 4 rings (SSSR count). The van der Waals surface area contributed by atoms with E-state index in [1.54, 1.807) is 18.9 Å². The van der Waals surface area contributed by atoms with Crippen LogP contribution in [0.1, 0.15) is 49.5 Å². The molecule has 0 spiro atoms. The smallest absolute Gasteiger partial charge is 0.191 e. The first kappa shape index (κ1) is 21.1. The van der Waals surface area contributed by atoms with Crippen LogP contribution in [0.3, 0.4) is 0 Å². The lowest BCUT2D eigenvalue weighted by molar-refractivity contribution is 0.330. The molecule has 0 bridgehead atoms. The summed E-state index contributed by atoms with van der Waals surface area (Å²) in [6.07, 6.45) is 6.23. The van der Waals surface area contributed by atoms with E-state index in [0.29, 0.717) is 12.6 Å². The molecule has 1 fully saturated rings. The Morgan fingerprint density at radius 1 is 1.10 bits per heavy atom. The van der Waals surface area contributed by atoms with Crippen molar-refractivity contribution >= 4 is 29.1 Å². The van der Waals surface area contributed by atoms with Crippen molar-refractivity contribution in [2.45, 2.75) is 55.6 Å². The molecule has 0 atom stereocenters. The summed E-state index contributed by atoms with van der Waals surface area (Å²) < 4.78 is 7.69. The molecule has 5 nitrogen and oxygen atoms in total. The van der Waals surface area contributed by atoms with Gasteiger partial charge >= 0.3 is 0 Å². The molecule has 158 valence electrons. The molecule has 0 saturated heterocycles. The number of hydrogen-bond acceptors (Lipinski definition) is 5. The van der Waals surface area contributed by atoms with Crippen LogP contribution in [-0.2, 0) is 12.3 Å². The van der Waals surface area contributed by atoms with Crippen molar-refractivity contribution in [2.75, 3.05) is 12.4 Å². The Labute approximate surface area is 187 Å². The van der Waals surface area contributed by atoms with Gasteiger partial charge in [0.15, 0.2) is 11.0 Å². The van der Waals surface area contributed by atoms with Gasteiger partial charge in [-0.1, -0.05) is 60.8 Å². The molecular weight excluding hydrogens is 416 g/mol. The molecule has 1 aliphatic rings. The number of aromatic nitrogens is 3. The molecule has 0 amide bonds. The number of hydrogen-bond donors (Lipinski definition) is 1. The Morgan fingerprint density at radius 2 is 1.93 bits per heavy atom. The highest BCUT2D eigenvalue weighted by Gasteiger charge is 2.23. The van der Waals surface area contributed by atoms with Crippen LogP contribution in [-0.4, -0.2) is 21.9 Å². The summed E-state index contributed by atoms with van der Waals surface area (Å²) in [5.74, 6) is 2.65. The third-order valence-corrected chi connectivity index (χ3v) is 6.70. The highest BCUT2D eigenvalue weighted by atomic mass is 35.5. The average Bonchev–Trinajstić information content (AvgIpc) is 3.20. The molecule has 3 aromatic rings. The lowest BCUT2D eigenvalue weighted by Gasteiger charge is -2.25. The first-order valence-electron chi connectivity index (χ1n) is 10.4. The number of ether oxygens (including phenoxy) is 1. The molecule has 0 radical (unpaired) electrons. The Bertz CT molecular complexity index is 971. The van der Waals surface area contributed by atoms with E-state index in [4.69, 9.17) is 16.3 Å². The van der Waals surface area contributed by atoms with Crippen molar-refractivity contribution in [1.82, 2.24) is 14.8 Å². The highest BCUT2D eigenvalue weighted by molar-refractivity contribution is 7.98. The molecule has 2 aromatic carbocycles. The quantitative estimate of drug-likeness (QED) is 0.412. The number of methoxy groups -OCH3 is 1. The molecule has 1 saturated carbocycles. The molecule has 7 heteroatoms. The molecule has 0 aliphatic heterocycles. The minimum atomic E-state index is 0.470. The second-order valence-corrected chi connectivity index (χ2v) is 8.94. The molecule has 1 N–H and O–H groups in total. The van der Waals surface area contributed by atoms with Gasteiger partial charge in [0.1, 0.15) is 5.75 Å². The molecular formula is C23H27ClN4OS. The van der Waals surface area contributed by atoms with Gasteiger partial charge in [0.2, 0.25) is 0 Å². The number of halogens is 1. The van der Waals surface area contributed by atoms with Crippen LogP contribution in [0.25, 0.3) is 0 Å². The largest absolute Gasteiger partial charge is 0.497 e. The van der Waals surface area contributed by atoms with E-state index in [1.807, 2.05) is 42.5 Å². The van der Waals surface area contributed by atoms with Crippen molar-refractivity contribution in [3.63, 3.8) is 0 Å². The Kier molecular flexibility index (Phi) is 7.18. The van der Waals surface area contributed by atoms with E-state index in [0.717, 1.165) is 33.2 Å². The molecule has 30 heavy (non-hydrogen) atoms. The maximum absolute atomic E-state index is 6.15. The zero-order valence-electron chi connectivity index (χ0n) is 17.2. The Morgan fingerprint density at radius 3 is 2.73 bits per heavy atom. The van der Waals surface area contributed by atoms with Crippen LogP contribution in [0.5, 0.6) is 5.75 Å². The van der Waals surface area contributed by atoms with Gasteiger partial charge in [-0.25, -0.2) is 0 Å². The third-order valence-electron chi connectivity index (χ3n) is 5.45. The van der Waals surface area contributed by atoms with E-state index in [9.17, 15) is 0 Å². The minimum absolute atomic E-state index is 0.470. The standard InChI is InChI=1S/C23H27ClN4OS/c1-29-21-12-6-9-19(14-21)25-15-22-26-27-23(28(22)20-10-3-2-4-11-20)30-16-17-7-5-8-18(24)13-17/h5-9,12-14,20,25H,2-4,10-11,15-16H2,1H3. The fourth-order valence-electron chi connectivity index (χ4n) is 3.92. The van der Waals surface area contributed by atoms with Crippen molar-refractivity contribution in [3.05, 3.63) is 64.9 Å². The summed E-state index contributed by atoms with van der Waals surface area (Å²) in [7, 11) is 1.68. The lowest BCUT2D eigenvalue weighted by Crippen LogP contribution is -2.18. The van der Waals surface area contributed by atoms with Gasteiger partial charge in [0, 0.05) is 28.6 Å².